The molecule has 0 amide bonds. The van der Waals surface area contributed by atoms with E-state index in [9.17, 15) is 0 Å². The largest absolute Gasteiger partial charge is 0.208 e. The molecule has 0 saturated heterocycles. The van der Waals surface area contributed by atoms with Crippen molar-refractivity contribution in [3.8, 4) is 56.4 Å². The average molecular weight is 594 g/mol. The first-order chi connectivity index (χ1) is 22.7. The van der Waals surface area contributed by atoms with E-state index in [0.29, 0.717) is 11.6 Å². The lowest BCUT2D eigenvalue weighted by molar-refractivity contribution is -0.0399. The third-order valence-corrected chi connectivity index (χ3v) is 11.7. The fourth-order valence-electron chi connectivity index (χ4n) is 10.1. The van der Waals surface area contributed by atoms with Crippen LogP contribution in [0.15, 0.2) is 127 Å². The Balaban J connectivity index is 1.11. The van der Waals surface area contributed by atoms with Crippen LogP contribution >= 0.6 is 0 Å². The fraction of sp³-hybridized carbons (Fsp3) is 0.233. The Labute approximate surface area is 270 Å². The average Bonchev–Trinajstić information content (AvgIpc) is 3.41. The van der Waals surface area contributed by atoms with Gasteiger partial charge < -0.3 is 0 Å². The van der Waals surface area contributed by atoms with Gasteiger partial charge in [0.2, 0.25) is 0 Å². The Morgan fingerprint density at radius 1 is 0.391 bits per heavy atom. The molecule has 0 N–H and O–H groups in total. The van der Waals surface area contributed by atoms with Crippen LogP contribution in [0, 0.1) is 23.7 Å². The first-order valence-electron chi connectivity index (χ1n) is 17.0. The van der Waals surface area contributed by atoms with Crippen LogP contribution in [0.5, 0.6) is 0 Å². The van der Waals surface area contributed by atoms with Gasteiger partial charge in [-0.2, -0.15) is 0 Å². The van der Waals surface area contributed by atoms with Crippen LogP contribution in [0.25, 0.3) is 56.4 Å². The topological polar surface area (TPSA) is 38.7 Å². The molecule has 0 radical (unpaired) electrons. The summed E-state index contributed by atoms with van der Waals surface area (Å²) in [4.78, 5) is 15.2. The molecule has 3 heteroatoms. The van der Waals surface area contributed by atoms with E-state index in [0.717, 1.165) is 46.2 Å². The Kier molecular flexibility index (Phi) is 5.76. The van der Waals surface area contributed by atoms with Gasteiger partial charge in [-0.05, 0) is 95.2 Å². The molecular formula is C43H35N3. The van der Waals surface area contributed by atoms with Gasteiger partial charge in [0.15, 0.2) is 17.5 Å². The number of hydrogen-bond donors (Lipinski definition) is 0. The van der Waals surface area contributed by atoms with Gasteiger partial charge in [0.05, 0.1) is 0 Å². The van der Waals surface area contributed by atoms with Gasteiger partial charge >= 0.3 is 0 Å². The number of aromatic nitrogens is 3. The van der Waals surface area contributed by atoms with Crippen LogP contribution in [0.2, 0.25) is 0 Å². The van der Waals surface area contributed by atoms with Gasteiger partial charge in [-0.15, -0.1) is 0 Å². The van der Waals surface area contributed by atoms with Crippen molar-refractivity contribution < 1.29 is 0 Å². The summed E-state index contributed by atoms with van der Waals surface area (Å²) in [5.41, 5.74) is 11.5. The predicted molar refractivity (Wildman–Crippen MR) is 185 cm³/mol. The molecule has 46 heavy (non-hydrogen) atoms. The zero-order valence-corrected chi connectivity index (χ0v) is 25.8. The summed E-state index contributed by atoms with van der Waals surface area (Å²) >= 11 is 0. The van der Waals surface area contributed by atoms with Crippen LogP contribution < -0.4 is 0 Å². The van der Waals surface area contributed by atoms with E-state index in [4.69, 9.17) is 15.0 Å². The number of benzene rings is 5. The Hall–Kier alpha value is -4.89. The maximum atomic E-state index is 5.14. The van der Waals surface area contributed by atoms with E-state index < -0.39 is 0 Å². The first-order valence-corrected chi connectivity index (χ1v) is 17.0. The molecule has 4 saturated carbocycles. The second-order valence-electron chi connectivity index (χ2n) is 14.1. The molecule has 4 fully saturated rings. The summed E-state index contributed by atoms with van der Waals surface area (Å²) in [5, 5.41) is 0. The zero-order chi connectivity index (χ0) is 30.2. The van der Waals surface area contributed by atoms with Crippen molar-refractivity contribution in [2.75, 3.05) is 0 Å². The van der Waals surface area contributed by atoms with Gasteiger partial charge in [-0.25, -0.2) is 15.0 Å². The highest BCUT2D eigenvalue weighted by atomic mass is 15.0. The molecule has 5 aliphatic carbocycles. The number of rotatable bonds is 4. The Morgan fingerprint density at radius 2 is 0.848 bits per heavy atom. The summed E-state index contributed by atoms with van der Waals surface area (Å²) in [7, 11) is 0. The molecule has 0 aliphatic heterocycles. The van der Waals surface area contributed by atoms with Crippen LogP contribution in [0.3, 0.4) is 0 Å². The van der Waals surface area contributed by atoms with E-state index in [1.807, 2.05) is 18.2 Å². The quantitative estimate of drug-likeness (QED) is 0.204. The van der Waals surface area contributed by atoms with Gasteiger partial charge in [-0.3, -0.25) is 0 Å². The lowest BCUT2D eigenvalue weighted by atomic mass is 9.43. The second-order valence-corrected chi connectivity index (χ2v) is 14.1. The molecule has 11 rings (SSSR count). The van der Waals surface area contributed by atoms with Crippen molar-refractivity contribution in [2.45, 2.75) is 37.5 Å². The molecule has 0 atom stereocenters. The SMILES string of the molecule is c1ccc(-c2ccc(-c3nc(-c4ccccc4)nc(-c4ccc5c(c4)-c4ccccc4C54C5CC6CC(C5)CC4C6)n3)cc2)cc1. The fourth-order valence-corrected chi connectivity index (χ4v) is 10.1. The molecule has 3 nitrogen and oxygen atoms in total. The van der Waals surface area contributed by atoms with Crippen molar-refractivity contribution in [3.05, 3.63) is 139 Å². The second kappa shape index (κ2) is 10.1. The molecule has 1 heterocycles. The Morgan fingerprint density at radius 3 is 1.50 bits per heavy atom. The highest BCUT2D eigenvalue weighted by Gasteiger charge is 2.61. The summed E-state index contributed by atoms with van der Waals surface area (Å²) < 4.78 is 0. The molecule has 0 unspecified atom stereocenters. The third kappa shape index (κ3) is 3.87. The van der Waals surface area contributed by atoms with E-state index in [2.05, 4.69) is 109 Å². The molecule has 1 spiro atoms. The van der Waals surface area contributed by atoms with Crippen LogP contribution in [0.4, 0.5) is 0 Å². The van der Waals surface area contributed by atoms with Crippen molar-refractivity contribution in [1.82, 2.24) is 15.0 Å². The van der Waals surface area contributed by atoms with Crippen molar-refractivity contribution in [2.24, 2.45) is 23.7 Å². The summed E-state index contributed by atoms with van der Waals surface area (Å²) in [6.07, 6.45) is 7.04. The minimum absolute atomic E-state index is 0.165. The normalized spacial score (nSPS) is 25.0. The predicted octanol–water partition coefficient (Wildman–Crippen LogP) is 10.3. The minimum atomic E-state index is 0.165. The van der Waals surface area contributed by atoms with Gasteiger partial charge in [0, 0.05) is 22.1 Å². The van der Waals surface area contributed by atoms with E-state index in [-0.39, 0.29) is 5.41 Å². The molecule has 5 aliphatic rings. The van der Waals surface area contributed by atoms with E-state index >= 15 is 0 Å². The zero-order valence-electron chi connectivity index (χ0n) is 25.8. The number of fused-ring (bicyclic) bond motifs is 3. The molecule has 222 valence electrons. The maximum absolute atomic E-state index is 5.14. The van der Waals surface area contributed by atoms with Crippen molar-refractivity contribution in [1.29, 1.82) is 0 Å². The molecule has 4 bridgehead atoms. The standard InChI is InChI=1S/C43H35N3/c1-3-9-29(10-4-1)30-15-17-32(18-16-30)41-44-40(31-11-5-2-6-12-31)45-42(46-41)33-19-20-39-37(26-33)36-13-7-8-14-38(36)43(39)34-22-27-21-28(24-34)25-35(43)23-27/h1-20,26-28,34-35H,21-25H2. The molecule has 5 aromatic carbocycles. The first kappa shape index (κ1) is 26.3. The summed E-state index contributed by atoms with van der Waals surface area (Å²) in [5.74, 6) is 5.50. The van der Waals surface area contributed by atoms with Crippen molar-refractivity contribution >= 4 is 0 Å². The number of hydrogen-bond acceptors (Lipinski definition) is 3. The highest BCUT2D eigenvalue weighted by Crippen LogP contribution is 2.69. The minimum Gasteiger partial charge on any atom is -0.208 e. The van der Waals surface area contributed by atoms with Gasteiger partial charge in [0.25, 0.3) is 0 Å². The van der Waals surface area contributed by atoms with Crippen LogP contribution in [0.1, 0.15) is 43.2 Å². The smallest absolute Gasteiger partial charge is 0.164 e. The maximum Gasteiger partial charge on any atom is 0.164 e. The molecule has 1 aromatic heterocycles. The monoisotopic (exact) mass is 593 g/mol. The van der Waals surface area contributed by atoms with E-state index in [1.165, 1.54) is 54.4 Å². The van der Waals surface area contributed by atoms with Gasteiger partial charge in [-0.1, -0.05) is 121 Å². The van der Waals surface area contributed by atoms with E-state index in [1.54, 1.807) is 11.1 Å². The lowest BCUT2D eigenvalue weighted by Gasteiger charge is -2.61. The number of nitrogens with zero attached hydrogens (tertiary/aromatic N) is 3. The summed E-state index contributed by atoms with van der Waals surface area (Å²) in [6, 6.07) is 45.8. The van der Waals surface area contributed by atoms with Crippen LogP contribution in [-0.4, -0.2) is 15.0 Å². The van der Waals surface area contributed by atoms with Gasteiger partial charge in [0.1, 0.15) is 0 Å². The van der Waals surface area contributed by atoms with Crippen molar-refractivity contribution in [3.63, 3.8) is 0 Å². The third-order valence-electron chi connectivity index (χ3n) is 11.7. The van der Waals surface area contributed by atoms with Crippen LogP contribution in [-0.2, 0) is 5.41 Å². The highest BCUT2D eigenvalue weighted by molar-refractivity contribution is 5.85. The Bertz CT molecular complexity index is 2070. The lowest BCUT2D eigenvalue weighted by Crippen LogP contribution is -2.55. The molecule has 6 aromatic rings. The summed E-state index contributed by atoms with van der Waals surface area (Å²) in [6.45, 7) is 0. The molecular weight excluding hydrogens is 558 g/mol.